The molecule has 0 aromatic carbocycles. The highest BCUT2D eigenvalue weighted by molar-refractivity contribution is 8.26. The highest BCUT2D eigenvalue weighted by atomic mass is 32.2. The fraction of sp³-hybridized carbons (Fsp3) is 0.667. The normalized spacial score (nSPS) is 19.1. The van der Waals surface area contributed by atoms with Gasteiger partial charge in [-0.3, -0.25) is 9.69 Å². The minimum Gasteiger partial charge on any atom is -0.376 e. The molecule has 0 radical (unpaired) electrons. The van der Waals surface area contributed by atoms with E-state index >= 15 is 0 Å². The molecule has 17 heavy (non-hydrogen) atoms. The van der Waals surface area contributed by atoms with Gasteiger partial charge in [-0.25, -0.2) is 0 Å². The summed E-state index contributed by atoms with van der Waals surface area (Å²) in [5.74, 6) is -0.143. The summed E-state index contributed by atoms with van der Waals surface area (Å²) in [6.45, 7) is 3.84. The predicted molar refractivity (Wildman–Crippen MR) is 75.6 cm³/mol. The number of carbonyl (C=O) groups is 1. The van der Waals surface area contributed by atoms with Crippen LogP contribution in [0.15, 0.2) is 10.5 Å². The number of thiocarbonyl (C=S) groups is 1. The van der Waals surface area contributed by atoms with E-state index in [4.69, 9.17) is 17.3 Å². The van der Waals surface area contributed by atoms with Gasteiger partial charge in [0.25, 0.3) is 5.91 Å². The topological polar surface area (TPSA) is 40.5 Å². The number of allylic oxidation sites excluding steroid dienone is 1. The van der Waals surface area contributed by atoms with Crippen LogP contribution in [-0.2, 0) is 4.79 Å². The molecule has 0 aromatic rings. The van der Waals surface area contributed by atoms with Crippen molar-refractivity contribution < 1.29 is 9.90 Å². The Morgan fingerprint density at radius 1 is 1.41 bits per heavy atom. The van der Waals surface area contributed by atoms with Crippen LogP contribution in [0.2, 0.25) is 0 Å². The molecule has 1 amide bonds. The lowest BCUT2D eigenvalue weighted by Gasteiger charge is -2.09. The summed E-state index contributed by atoms with van der Waals surface area (Å²) in [4.78, 5) is 13.8. The van der Waals surface area contributed by atoms with Crippen molar-refractivity contribution >= 4 is 34.2 Å². The second-order valence-electron chi connectivity index (χ2n) is 4.16. The summed E-state index contributed by atoms with van der Waals surface area (Å²) in [7, 11) is 0. The molecular weight excluding hydrogens is 254 g/mol. The Morgan fingerprint density at radius 3 is 2.65 bits per heavy atom. The summed E-state index contributed by atoms with van der Waals surface area (Å²) >= 11 is 6.35. The van der Waals surface area contributed by atoms with Crippen molar-refractivity contribution in [2.75, 3.05) is 6.73 Å². The van der Waals surface area contributed by atoms with Gasteiger partial charge in [0.1, 0.15) is 11.1 Å². The molecule has 0 atom stereocenters. The molecule has 1 fully saturated rings. The predicted octanol–water partition coefficient (Wildman–Crippen LogP) is 3.04. The van der Waals surface area contributed by atoms with Crippen LogP contribution in [0.5, 0.6) is 0 Å². The van der Waals surface area contributed by atoms with E-state index in [1.54, 1.807) is 0 Å². The molecule has 1 N–H and O–H groups in total. The SMILES string of the molecule is CCCCCCC(C)=C1SC(=S)N(CO)C1=O. The van der Waals surface area contributed by atoms with Crippen molar-refractivity contribution in [3.63, 3.8) is 0 Å². The number of carbonyl (C=O) groups excluding carboxylic acids is 1. The zero-order valence-corrected chi connectivity index (χ0v) is 12.0. The monoisotopic (exact) mass is 273 g/mol. The van der Waals surface area contributed by atoms with Crippen molar-refractivity contribution in [3.8, 4) is 0 Å². The number of nitrogens with zero attached hydrogens (tertiary/aromatic N) is 1. The largest absolute Gasteiger partial charge is 0.376 e. The number of thioether (sulfide) groups is 1. The van der Waals surface area contributed by atoms with E-state index < -0.39 is 0 Å². The summed E-state index contributed by atoms with van der Waals surface area (Å²) in [5, 5.41) is 9.03. The number of aliphatic hydroxyl groups excluding tert-OH is 1. The maximum Gasteiger partial charge on any atom is 0.268 e. The molecule has 0 aromatic heterocycles. The van der Waals surface area contributed by atoms with E-state index in [0.717, 1.165) is 18.4 Å². The number of amides is 1. The van der Waals surface area contributed by atoms with Crippen molar-refractivity contribution in [1.82, 2.24) is 4.90 Å². The van der Waals surface area contributed by atoms with E-state index in [0.29, 0.717) is 9.23 Å². The summed E-state index contributed by atoms with van der Waals surface area (Å²) in [6, 6.07) is 0. The summed E-state index contributed by atoms with van der Waals surface area (Å²) in [5.41, 5.74) is 1.09. The first kappa shape index (κ1) is 14.7. The van der Waals surface area contributed by atoms with Gasteiger partial charge in [-0.15, -0.1) is 0 Å². The summed E-state index contributed by atoms with van der Waals surface area (Å²) in [6.07, 6.45) is 5.71. The van der Waals surface area contributed by atoms with Crippen molar-refractivity contribution in [2.45, 2.75) is 46.0 Å². The molecule has 1 rings (SSSR count). The van der Waals surface area contributed by atoms with E-state index in [1.807, 2.05) is 6.92 Å². The maximum atomic E-state index is 11.9. The molecular formula is C12H19NO2S2. The van der Waals surface area contributed by atoms with Crippen molar-refractivity contribution in [3.05, 3.63) is 10.5 Å². The van der Waals surface area contributed by atoms with Gasteiger partial charge in [0.15, 0.2) is 0 Å². The molecule has 0 aliphatic carbocycles. The van der Waals surface area contributed by atoms with E-state index in [-0.39, 0.29) is 12.6 Å². The van der Waals surface area contributed by atoms with Crippen LogP contribution in [0, 0.1) is 0 Å². The molecule has 96 valence electrons. The molecule has 1 aliphatic heterocycles. The van der Waals surface area contributed by atoms with Gasteiger partial charge in [0.2, 0.25) is 0 Å². The quantitative estimate of drug-likeness (QED) is 0.459. The van der Waals surface area contributed by atoms with Crippen molar-refractivity contribution in [1.29, 1.82) is 0 Å². The first-order valence-corrected chi connectivity index (χ1v) is 7.18. The van der Waals surface area contributed by atoms with Gasteiger partial charge in [-0.2, -0.15) is 0 Å². The lowest BCUT2D eigenvalue weighted by molar-refractivity contribution is -0.124. The van der Waals surface area contributed by atoms with Crippen LogP contribution in [0.1, 0.15) is 46.0 Å². The molecule has 0 unspecified atom stereocenters. The molecule has 3 nitrogen and oxygen atoms in total. The first-order chi connectivity index (χ1) is 8.11. The van der Waals surface area contributed by atoms with Gasteiger partial charge < -0.3 is 5.11 Å². The van der Waals surface area contributed by atoms with Crippen LogP contribution in [-0.4, -0.2) is 27.0 Å². The fourth-order valence-electron chi connectivity index (χ4n) is 1.71. The van der Waals surface area contributed by atoms with Gasteiger partial charge in [0, 0.05) is 0 Å². The highest BCUT2D eigenvalue weighted by Gasteiger charge is 2.32. The maximum absolute atomic E-state index is 11.9. The Labute approximate surface area is 112 Å². The number of unbranched alkanes of at least 4 members (excludes halogenated alkanes) is 3. The third-order valence-electron chi connectivity index (χ3n) is 2.78. The fourth-order valence-corrected chi connectivity index (χ4v) is 3.00. The molecule has 0 saturated carbocycles. The van der Waals surface area contributed by atoms with Crippen LogP contribution < -0.4 is 0 Å². The second-order valence-corrected chi connectivity index (χ2v) is 5.81. The third kappa shape index (κ3) is 3.79. The van der Waals surface area contributed by atoms with Crippen LogP contribution in [0.3, 0.4) is 0 Å². The Kier molecular flexibility index (Phi) is 6.16. The Morgan fingerprint density at radius 2 is 2.12 bits per heavy atom. The Bertz CT molecular complexity index is 339. The molecule has 1 heterocycles. The molecule has 0 spiro atoms. The molecule has 5 heteroatoms. The lowest BCUT2D eigenvalue weighted by Crippen LogP contribution is -2.28. The van der Waals surface area contributed by atoms with Gasteiger partial charge in [-0.05, 0) is 19.8 Å². The average molecular weight is 273 g/mol. The number of rotatable bonds is 6. The minimum absolute atomic E-state index is 0.143. The molecule has 1 aliphatic rings. The van der Waals surface area contributed by atoms with E-state index in [2.05, 4.69) is 6.92 Å². The second kappa shape index (κ2) is 7.13. The zero-order valence-electron chi connectivity index (χ0n) is 10.4. The lowest BCUT2D eigenvalue weighted by atomic mass is 10.1. The van der Waals surface area contributed by atoms with Crippen LogP contribution in [0.4, 0.5) is 0 Å². The standard InChI is InChI=1S/C12H19NO2S2/c1-3-4-5-6-7-9(2)10-11(15)13(8-14)12(16)17-10/h14H,3-8H2,1-2H3. The van der Waals surface area contributed by atoms with E-state index in [9.17, 15) is 4.79 Å². The summed E-state index contributed by atoms with van der Waals surface area (Å²) < 4.78 is 0.459. The van der Waals surface area contributed by atoms with Gasteiger partial charge in [0.05, 0.1) is 4.91 Å². The zero-order chi connectivity index (χ0) is 12.8. The van der Waals surface area contributed by atoms with Crippen molar-refractivity contribution in [2.24, 2.45) is 0 Å². The molecule has 0 bridgehead atoms. The van der Waals surface area contributed by atoms with Crippen LogP contribution in [0.25, 0.3) is 0 Å². The highest BCUT2D eigenvalue weighted by Crippen LogP contribution is 2.34. The van der Waals surface area contributed by atoms with Gasteiger partial charge >= 0.3 is 0 Å². The van der Waals surface area contributed by atoms with Crippen LogP contribution >= 0.6 is 24.0 Å². The Balaban J connectivity index is 2.58. The van der Waals surface area contributed by atoms with Gasteiger partial charge in [-0.1, -0.05) is 55.7 Å². The number of hydrogen-bond donors (Lipinski definition) is 1. The first-order valence-electron chi connectivity index (χ1n) is 5.96. The number of hydrogen-bond acceptors (Lipinski definition) is 4. The van der Waals surface area contributed by atoms with E-state index in [1.165, 1.54) is 35.9 Å². The number of aliphatic hydroxyl groups is 1. The minimum atomic E-state index is -0.322. The smallest absolute Gasteiger partial charge is 0.268 e. The molecule has 1 saturated heterocycles. The average Bonchev–Trinajstić information content (AvgIpc) is 2.60. The third-order valence-corrected chi connectivity index (χ3v) is 4.38. The Hall–Kier alpha value is -0.390.